The molecule has 0 aliphatic heterocycles. The van der Waals surface area contributed by atoms with E-state index in [1.54, 1.807) is 19.1 Å². The van der Waals surface area contributed by atoms with E-state index in [9.17, 15) is 9.59 Å². The fourth-order valence-electron chi connectivity index (χ4n) is 2.95. The molecule has 4 rings (SSSR count). The van der Waals surface area contributed by atoms with Crippen LogP contribution in [0.1, 0.15) is 21.6 Å². The molecule has 0 unspecified atom stereocenters. The average Bonchev–Trinajstić information content (AvgIpc) is 3.03. The molecule has 0 bridgehead atoms. The number of hydrogen-bond acceptors (Lipinski definition) is 4. The van der Waals surface area contributed by atoms with Gasteiger partial charge in [0.05, 0.1) is 0 Å². The number of rotatable bonds is 4. The standard InChI is InChI=1S/C21H19N5O2/c1-13-8-10-16(11-9-13)23-19-18(21(28)24-15-6-4-3-5-7-15)20-22-14(2)12-17(27)26(20)25-19/h3-12,23,25H,1-2H3,(H,24,28). The van der Waals surface area contributed by atoms with Crippen LogP contribution in [0.25, 0.3) is 5.65 Å². The third-order valence-electron chi connectivity index (χ3n) is 4.32. The maximum Gasteiger partial charge on any atom is 0.272 e. The maximum atomic E-state index is 13.1. The number of aromatic amines is 1. The van der Waals surface area contributed by atoms with Crippen LogP contribution in [0, 0.1) is 13.8 Å². The average molecular weight is 373 g/mol. The molecule has 2 heterocycles. The normalized spacial score (nSPS) is 10.8. The van der Waals surface area contributed by atoms with Gasteiger partial charge in [-0.3, -0.25) is 14.7 Å². The Hall–Kier alpha value is -3.87. The van der Waals surface area contributed by atoms with Gasteiger partial charge in [-0.1, -0.05) is 35.9 Å². The lowest BCUT2D eigenvalue weighted by molar-refractivity contribution is 0.102. The van der Waals surface area contributed by atoms with Crippen LogP contribution in [-0.4, -0.2) is 20.5 Å². The highest BCUT2D eigenvalue weighted by atomic mass is 16.2. The van der Waals surface area contributed by atoms with E-state index in [2.05, 4.69) is 20.7 Å². The molecule has 0 atom stereocenters. The Morgan fingerprint density at radius 2 is 1.71 bits per heavy atom. The number of anilines is 3. The topological polar surface area (TPSA) is 91.3 Å². The molecule has 0 saturated heterocycles. The van der Waals surface area contributed by atoms with Crippen molar-refractivity contribution in [3.05, 3.63) is 87.8 Å². The molecule has 1 amide bonds. The van der Waals surface area contributed by atoms with Crippen LogP contribution < -0.4 is 16.2 Å². The van der Waals surface area contributed by atoms with Gasteiger partial charge in [0.25, 0.3) is 11.5 Å². The molecule has 0 fully saturated rings. The van der Waals surface area contributed by atoms with Crippen LogP contribution in [0.5, 0.6) is 0 Å². The Labute approximate surface area is 161 Å². The summed E-state index contributed by atoms with van der Waals surface area (Å²) in [4.78, 5) is 29.8. The lowest BCUT2D eigenvalue weighted by atomic mass is 10.2. The van der Waals surface area contributed by atoms with E-state index in [0.717, 1.165) is 11.3 Å². The largest absolute Gasteiger partial charge is 0.340 e. The number of para-hydroxylation sites is 1. The highest BCUT2D eigenvalue weighted by Crippen LogP contribution is 2.24. The van der Waals surface area contributed by atoms with Crippen molar-refractivity contribution in [2.24, 2.45) is 0 Å². The summed E-state index contributed by atoms with van der Waals surface area (Å²) in [7, 11) is 0. The summed E-state index contributed by atoms with van der Waals surface area (Å²) < 4.78 is 1.27. The summed E-state index contributed by atoms with van der Waals surface area (Å²) in [5.74, 6) is 0.0320. The van der Waals surface area contributed by atoms with Gasteiger partial charge in [-0.25, -0.2) is 4.98 Å². The maximum absolute atomic E-state index is 13.1. The molecule has 2 aromatic carbocycles. The number of hydrogen-bond donors (Lipinski definition) is 3. The van der Waals surface area contributed by atoms with E-state index in [0.29, 0.717) is 17.2 Å². The van der Waals surface area contributed by atoms with E-state index in [-0.39, 0.29) is 22.7 Å². The van der Waals surface area contributed by atoms with E-state index in [1.165, 1.54) is 10.6 Å². The van der Waals surface area contributed by atoms with Crippen molar-refractivity contribution >= 4 is 28.7 Å². The van der Waals surface area contributed by atoms with Crippen molar-refractivity contribution in [3.8, 4) is 0 Å². The van der Waals surface area contributed by atoms with Crippen LogP contribution in [0.3, 0.4) is 0 Å². The number of aryl methyl sites for hydroxylation is 2. The summed E-state index contributed by atoms with van der Waals surface area (Å²) in [5.41, 5.74) is 3.36. The molecule has 3 N–H and O–H groups in total. The Kier molecular flexibility index (Phi) is 4.41. The molecule has 0 saturated carbocycles. The number of aromatic nitrogens is 3. The molecule has 0 radical (unpaired) electrons. The molecule has 7 nitrogen and oxygen atoms in total. The first kappa shape index (κ1) is 17.5. The predicted octanol–water partition coefficient (Wildman–Crippen LogP) is 3.64. The SMILES string of the molecule is Cc1ccc(Nc2[nH]n3c(=O)cc(C)nc3c2C(=O)Nc2ccccc2)cc1. The van der Waals surface area contributed by atoms with Gasteiger partial charge < -0.3 is 10.6 Å². The number of carbonyl (C=O) groups is 1. The Morgan fingerprint density at radius 1 is 1.00 bits per heavy atom. The first-order valence-electron chi connectivity index (χ1n) is 8.84. The highest BCUT2D eigenvalue weighted by molar-refractivity contribution is 6.12. The van der Waals surface area contributed by atoms with Crippen molar-refractivity contribution in [2.75, 3.05) is 10.6 Å². The molecule has 2 aromatic heterocycles. The summed E-state index contributed by atoms with van der Waals surface area (Å²) >= 11 is 0. The molecule has 4 aromatic rings. The first-order chi connectivity index (χ1) is 13.5. The van der Waals surface area contributed by atoms with Gasteiger partial charge in [-0.2, -0.15) is 4.52 Å². The van der Waals surface area contributed by atoms with Crippen molar-refractivity contribution in [1.82, 2.24) is 14.6 Å². The molecular weight excluding hydrogens is 354 g/mol. The van der Waals surface area contributed by atoms with Gasteiger partial charge in [0.15, 0.2) is 5.65 Å². The Morgan fingerprint density at radius 3 is 2.43 bits per heavy atom. The van der Waals surface area contributed by atoms with Crippen molar-refractivity contribution < 1.29 is 4.79 Å². The number of H-pyrrole nitrogens is 1. The number of fused-ring (bicyclic) bond motifs is 1. The fourth-order valence-corrected chi connectivity index (χ4v) is 2.95. The van der Waals surface area contributed by atoms with Gasteiger partial charge in [-0.15, -0.1) is 0 Å². The van der Waals surface area contributed by atoms with Crippen LogP contribution in [0.4, 0.5) is 17.2 Å². The minimum atomic E-state index is -0.364. The second-order valence-corrected chi connectivity index (χ2v) is 6.57. The lowest BCUT2D eigenvalue weighted by Crippen LogP contribution is -2.17. The zero-order valence-electron chi connectivity index (χ0n) is 15.5. The summed E-state index contributed by atoms with van der Waals surface area (Å²) in [6.07, 6.45) is 0. The zero-order chi connectivity index (χ0) is 19.7. The lowest BCUT2D eigenvalue weighted by Gasteiger charge is -2.08. The molecule has 140 valence electrons. The van der Waals surface area contributed by atoms with Crippen molar-refractivity contribution in [2.45, 2.75) is 13.8 Å². The molecule has 0 aliphatic carbocycles. The van der Waals surface area contributed by atoms with Crippen LogP contribution >= 0.6 is 0 Å². The van der Waals surface area contributed by atoms with Gasteiger partial charge >= 0.3 is 0 Å². The smallest absolute Gasteiger partial charge is 0.272 e. The van der Waals surface area contributed by atoms with E-state index < -0.39 is 0 Å². The molecule has 28 heavy (non-hydrogen) atoms. The minimum absolute atomic E-state index is 0.269. The third kappa shape index (κ3) is 3.37. The Balaban J connectivity index is 1.82. The summed E-state index contributed by atoms with van der Waals surface area (Å²) in [5, 5.41) is 9.00. The second kappa shape index (κ2) is 7.03. The quantitative estimate of drug-likeness (QED) is 0.509. The number of nitrogens with zero attached hydrogens (tertiary/aromatic N) is 2. The Bertz CT molecular complexity index is 1210. The number of carbonyl (C=O) groups excluding carboxylic acids is 1. The van der Waals surface area contributed by atoms with Gasteiger partial charge in [-0.05, 0) is 38.1 Å². The molecule has 0 aliphatic rings. The molecule has 0 spiro atoms. The number of benzene rings is 2. The van der Waals surface area contributed by atoms with Gasteiger partial charge in [0, 0.05) is 23.1 Å². The van der Waals surface area contributed by atoms with E-state index in [1.807, 2.05) is 49.4 Å². The third-order valence-corrected chi connectivity index (χ3v) is 4.32. The van der Waals surface area contributed by atoms with Gasteiger partial charge in [0.2, 0.25) is 0 Å². The molecule has 7 heteroatoms. The van der Waals surface area contributed by atoms with Crippen molar-refractivity contribution in [1.29, 1.82) is 0 Å². The summed E-state index contributed by atoms with van der Waals surface area (Å²) in [6.45, 7) is 3.72. The van der Waals surface area contributed by atoms with E-state index >= 15 is 0 Å². The monoisotopic (exact) mass is 373 g/mol. The number of amides is 1. The number of nitrogens with one attached hydrogen (secondary N) is 3. The molecular formula is C21H19N5O2. The first-order valence-corrected chi connectivity index (χ1v) is 8.84. The zero-order valence-corrected chi connectivity index (χ0v) is 15.5. The van der Waals surface area contributed by atoms with Gasteiger partial charge in [0.1, 0.15) is 11.4 Å². The second-order valence-electron chi connectivity index (χ2n) is 6.57. The van der Waals surface area contributed by atoms with Crippen molar-refractivity contribution in [3.63, 3.8) is 0 Å². The van der Waals surface area contributed by atoms with Crippen LogP contribution in [0.15, 0.2) is 65.5 Å². The predicted molar refractivity (Wildman–Crippen MR) is 109 cm³/mol. The minimum Gasteiger partial charge on any atom is -0.340 e. The van der Waals surface area contributed by atoms with Crippen LogP contribution in [0.2, 0.25) is 0 Å². The van der Waals surface area contributed by atoms with Crippen LogP contribution in [-0.2, 0) is 0 Å². The van der Waals surface area contributed by atoms with E-state index in [4.69, 9.17) is 0 Å². The highest BCUT2D eigenvalue weighted by Gasteiger charge is 2.22. The fraction of sp³-hybridized carbons (Fsp3) is 0.0952. The summed E-state index contributed by atoms with van der Waals surface area (Å²) in [6, 6.07) is 18.3.